The molecule has 0 fully saturated rings. The SMILES string of the molecule is C[SiH](C)BCC(=O)Cc1ccccc1. The van der Waals surface area contributed by atoms with Crippen molar-refractivity contribution < 1.29 is 4.79 Å². The van der Waals surface area contributed by atoms with Crippen LogP contribution in [0.4, 0.5) is 0 Å². The van der Waals surface area contributed by atoms with E-state index in [4.69, 9.17) is 0 Å². The molecule has 0 unspecified atom stereocenters. The number of hydrogen-bond donors (Lipinski definition) is 0. The smallest absolute Gasteiger partial charge is 0.129 e. The van der Waals surface area contributed by atoms with Crippen LogP contribution >= 0.6 is 0 Å². The molecule has 1 aromatic carbocycles. The summed E-state index contributed by atoms with van der Waals surface area (Å²) in [5.41, 5.74) is 1.14. The molecule has 0 saturated heterocycles. The number of carbonyl (C=O) groups is 1. The fourth-order valence-electron chi connectivity index (χ4n) is 1.36. The van der Waals surface area contributed by atoms with Crippen molar-refractivity contribution in [3.63, 3.8) is 0 Å². The highest BCUT2D eigenvalue weighted by atomic mass is 28.3. The topological polar surface area (TPSA) is 17.1 Å². The Morgan fingerprint density at radius 3 is 2.50 bits per heavy atom. The minimum Gasteiger partial charge on any atom is -0.300 e. The normalized spacial score (nSPS) is 10.2. The molecule has 0 aromatic heterocycles. The summed E-state index contributed by atoms with van der Waals surface area (Å²) in [5, 5.41) is 0. The van der Waals surface area contributed by atoms with Crippen LogP contribution in [0.15, 0.2) is 30.3 Å². The second-order valence-electron chi connectivity index (χ2n) is 4.13. The molecule has 0 atom stereocenters. The lowest BCUT2D eigenvalue weighted by Gasteiger charge is -2.01. The van der Waals surface area contributed by atoms with Gasteiger partial charge < -0.3 is 4.79 Å². The fraction of sp³-hybridized carbons (Fsp3) is 0.364. The molecule has 0 aliphatic carbocycles. The Morgan fingerprint density at radius 2 is 1.93 bits per heavy atom. The van der Waals surface area contributed by atoms with Crippen molar-refractivity contribution in [3.8, 4) is 0 Å². The summed E-state index contributed by atoms with van der Waals surface area (Å²) in [5.74, 6) is 0.386. The summed E-state index contributed by atoms with van der Waals surface area (Å²) in [4.78, 5) is 11.5. The van der Waals surface area contributed by atoms with Crippen LogP contribution < -0.4 is 0 Å². The lowest BCUT2D eigenvalue weighted by atomic mass is 9.94. The predicted molar refractivity (Wildman–Crippen MR) is 66.0 cm³/mol. The Hall–Kier alpha value is -0.828. The van der Waals surface area contributed by atoms with Gasteiger partial charge in [0.05, 0.1) is 0 Å². The highest BCUT2D eigenvalue weighted by Gasteiger charge is 2.06. The van der Waals surface area contributed by atoms with Crippen LogP contribution in [0.5, 0.6) is 0 Å². The minimum absolute atomic E-state index is 0.386. The molecule has 0 radical (unpaired) electrons. The first-order valence-corrected chi connectivity index (χ1v) is 8.36. The van der Waals surface area contributed by atoms with Crippen LogP contribution in [0, 0.1) is 0 Å². The lowest BCUT2D eigenvalue weighted by molar-refractivity contribution is -0.116. The molecule has 0 amide bonds. The van der Waals surface area contributed by atoms with Gasteiger partial charge in [-0.2, -0.15) is 0 Å². The fourth-order valence-corrected chi connectivity index (χ4v) is 2.26. The molecule has 3 heteroatoms. The van der Waals surface area contributed by atoms with Crippen molar-refractivity contribution >= 4 is 21.3 Å². The molecule has 0 aliphatic rings. The van der Waals surface area contributed by atoms with Gasteiger partial charge in [0.15, 0.2) is 0 Å². The zero-order chi connectivity index (χ0) is 10.4. The largest absolute Gasteiger partial charge is 0.300 e. The Bertz CT molecular complexity index is 285. The van der Waals surface area contributed by atoms with E-state index in [-0.39, 0.29) is 0 Å². The molecule has 0 N–H and O–H groups in total. The Balaban J connectivity index is 2.35. The zero-order valence-corrected chi connectivity index (χ0v) is 10.1. The maximum atomic E-state index is 11.5. The highest BCUT2D eigenvalue weighted by molar-refractivity contribution is 7.12. The van der Waals surface area contributed by atoms with Gasteiger partial charge in [-0.05, 0) is 20.6 Å². The molecule has 0 saturated carbocycles. The molecular weight excluding hydrogens is 187 g/mol. The maximum absolute atomic E-state index is 11.5. The van der Waals surface area contributed by atoms with Gasteiger partial charge in [0.1, 0.15) is 12.7 Å². The van der Waals surface area contributed by atoms with Crippen LogP contribution in [0.25, 0.3) is 0 Å². The molecule has 1 rings (SSSR count). The van der Waals surface area contributed by atoms with Gasteiger partial charge in [-0.15, -0.1) is 0 Å². The van der Waals surface area contributed by atoms with E-state index in [1.165, 1.54) is 0 Å². The Labute approximate surface area is 88.3 Å². The lowest BCUT2D eigenvalue weighted by Crippen LogP contribution is -2.17. The third-order valence-corrected chi connectivity index (χ3v) is 3.69. The van der Waals surface area contributed by atoms with E-state index in [1.807, 2.05) is 30.3 Å². The van der Waals surface area contributed by atoms with Crippen molar-refractivity contribution in [2.75, 3.05) is 0 Å². The molecule has 0 heterocycles. The van der Waals surface area contributed by atoms with Crippen LogP contribution in [0.1, 0.15) is 5.56 Å². The van der Waals surface area contributed by atoms with E-state index in [9.17, 15) is 4.79 Å². The number of Topliss-reactive ketones (excluding diaryl/α,β-unsaturated/α-hetero) is 1. The van der Waals surface area contributed by atoms with E-state index in [1.54, 1.807) is 0 Å². The van der Waals surface area contributed by atoms with E-state index in [0.717, 1.165) is 18.8 Å². The van der Waals surface area contributed by atoms with Crippen LogP contribution in [0.3, 0.4) is 0 Å². The average Bonchev–Trinajstić information content (AvgIpc) is 2.16. The third-order valence-electron chi connectivity index (χ3n) is 2.24. The van der Waals surface area contributed by atoms with Gasteiger partial charge >= 0.3 is 0 Å². The van der Waals surface area contributed by atoms with E-state index in [0.29, 0.717) is 12.2 Å². The summed E-state index contributed by atoms with van der Waals surface area (Å²) in [7, 11) is -0.555. The van der Waals surface area contributed by atoms with Gasteiger partial charge in [0.2, 0.25) is 0 Å². The van der Waals surface area contributed by atoms with Crippen LogP contribution in [-0.4, -0.2) is 21.3 Å². The predicted octanol–water partition coefficient (Wildman–Crippen LogP) is 1.64. The third kappa shape index (κ3) is 4.42. The number of hydrogen-bond acceptors (Lipinski definition) is 1. The molecule has 0 bridgehead atoms. The first-order chi connectivity index (χ1) is 6.68. The standard InChI is InChI=1S/C11H17BOSi/c1-14(2)12-9-11(13)8-10-6-4-3-5-7-10/h3-7,12,14H,8-9H2,1-2H3. The van der Waals surface area contributed by atoms with Gasteiger partial charge in [0, 0.05) is 6.42 Å². The summed E-state index contributed by atoms with van der Waals surface area (Å²) in [6.07, 6.45) is 1.39. The quantitative estimate of drug-likeness (QED) is 0.666. The molecule has 0 spiro atoms. The number of ketones is 1. The number of carbonyl (C=O) groups excluding carboxylic acids is 1. The molecule has 14 heavy (non-hydrogen) atoms. The zero-order valence-electron chi connectivity index (χ0n) is 8.99. The molecule has 0 aliphatic heterocycles. The van der Waals surface area contributed by atoms with Gasteiger partial charge in [-0.1, -0.05) is 43.4 Å². The summed E-state index contributed by atoms with van der Waals surface area (Å²) < 4.78 is 0. The molecule has 74 valence electrons. The second-order valence-corrected chi connectivity index (χ2v) is 7.50. The van der Waals surface area contributed by atoms with Gasteiger partial charge in [-0.25, -0.2) is 0 Å². The first-order valence-electron chi connectivity index (χ1n) is 5.24. The van der Waals surface area contributed by atoms with Crippen LogP contribution in [0.2, 0.25) is 19.4 Å². The maximum Gasteiger partial charge on any atom is 0.129 e. The van der Waals surface area contributed by atoms with Crippen molar-refractivity contribution in [3.05, 3.63) is 35.9 Å². The number of rotatable bonds is 5. The van der Waals surface area contributed by atoms with Crippen LogP contribution in [-0.2, 0) is 11.2 Å². The average molecular weight is 204 g/mol. The van der Waals surface area contributed by atoms with Crippen molar-refractivity contribution in [2.45, 2.75) is 25.8 Å². The second kappa shape index (κ2) is 5.81. The minimum atomic E-state index is -0.555. The Kier molecular flexibility index (Phi) is 4.67. The van der Waals surface area contributed by atoms with Crippen molar-refractivity contribution in [1.29, 1.82) is 0 Å². The van der Waals surface area contributed by atoms with Gasteiger partial charge in [0.25, 0.3) is 0 Å². The first kappa shape index (κ1) is 11.2. The molecule has 1 aromatic rings. The summed E-state index contributed by atoms with van der Waals surface area (Å²) in [6.45, 7) is 5.72. The Morgan fingerprint density at radius 1 is 1.29 bits per heavy atom. The van der Waals surface area contributed by atoms with E-state index in [2.05, 4.69) is 13.1 Å². The summed E-state index contributed by atoms with van der Waals surface area (Å²) >= 11 is 0. The summed E-state index contributed by atoms with van der Waals surface area (Å²) in [6, 6.07) is 9.99. The van der Waals surface area contributed by atoms with Crippen molar-refractivity contribution in [1.82, 2.24) is 0 Å². The van der Waals surface area contributed by atoms with E-state index < -0.39 is 8.67 Å². The molecular formula is C11H17BOSi. The van der Waals surface area contributed by atoms with Gasteiger partial charge in [-0.3, -0.25) is 0 Å². The highest BCUT2D eigenvalue weighted by Crippen LogP contribution is 2.02. The monoisotopic (exact) mass is 204 g/mol. The molecule has 1 nitrogen and oxygen atoms in total. The number of benzene rings is 1. The van der Waals surface area contributed by atoms with Crippen molar-refractivity contribution in [2.24, 2.45) is 0 Å². The van der Waals surface area contributed by atoms with E-state index >= 15 is 0 Å².